The zero-order valence-corrected chi connectivity index (χ0v) is 9.28. The van der Waals surface area contributed by atoms with Gasteiger partial charge in [0.25, 0.3) is 0 Å². The number of thiazole rings is 1. The van der Waals surface area contributed by atoms with E-state index in [9.17, 15) is 4.79 Å². The summed E-state index contributed by atoms with van der Waals surface area (Å²) in [6.45, 7) is 0. The van der Waals surface area contributed by atoms with Crippen molar-refractivity contribution >= 4 is 22.2 Å². The van der Waals surface area contributed by atoms with Gasteiger partial charge in [-0.2, -0.15) is 0 Å². The van der Waals surface area contributed by atoms with Crippen LogP contribution in [0.4, 0.5) is 0 Å². The third-order valence-corrected chi connectivity index (χ3v) is 2.50. The molecule has 16 heavy (non-hydrogen) atoms. The van der Waals surface area contributed by atoms with E-state index in [-0.39, 0.29) is 5.56 Å². The molecular weight excluding hydrogens is 220 g/mol. The molecule has 0 spiro atoms. The van der Waals surface area contributed by atoms with Crippen LogP contribution in [0.25, 0.3) is 10.9 Å². The van der Waals surface area contributed by atoms with Crippen molar-refractivity contribution in [3.8, 4) is 0 Å². The van der Waals surface area contributed by atoms with Crippen molar-refractivity contribution in [2.45, 2.75) is 0 Å². The molecule has 0 aliphatic heterocycles. The van der Waals surface area contributed by atoms with Crippen LogP contribution in [0.2, 0.25) is 0 Å². The molecule has 3 rings (SSSR count). The van der Waals surface area contributed by atoms with Crippen LogP contribution in [0, 0.1) is 0 Å². The molecule has 0 fully saturated rings. The molecule has 2 aromatic heterocycles. The number of pyridine rings is 1. The van der Waals surface area contributed by atoms with Crippen molar-refractivity contribution in [2.75, 3.05) is 0 Å². The number of hydrogen-bond acceptors (Lipinski definition) is 3. The fraction of sp³-hybridized carbons (Fsp3) is 0. The van der Waals surface area contributed by atoms with Crippen LogP contribution in [0.5, 0.6) is 0 Å². The van der Waals surface area contributed by atoms with Crippen LogP contribution >= 0.6 is 11.3 Å². The number of benzene rings is 1. The summed E-state index contributed by atoms with van der Waals surface area (Å²) in [7, 11) is 0. The molecule has 80 valence electrons. The normalized spacial score (nSPS) is 9.50. The topological polar surface area (TPSA) is 45.8 Å². The molecule has 0 radical (unpaired) electrons. The van der Waals surface area contributed by atoms with Crippen LogP contribution < -0.4 is 5.56 Å². The summed E-state index contributed by atoms with van der Waals surface area (Å²) >= 11 is 1.60. The van der Waals surface area contributed by atoms with E-state index in [1.807, 2.05) is 35.7 Å². The van der Waals surface area contributed by atoms with Gasteiger partial charge in [-0.25, -0.2) is 0 Å². The van der Waals surface area contributed by atoms with E-state index in [2.05, 4.69) is 9.97 Å². The Morgan fingerprint density at radius 3 is 2.69 bits per heavy atom. The smallest absolute Gasteiger partial charge is 0.248 e. The van der Waals surface area contributed by atoms with E-state index < -0.39 is 0 Å². The predicted octanol–water partition coefficient (Wildman–Crippen LogP) is 2.67. The van der Waals surface area contributed by atoms with Gasteiger partial charge in [-0.3, -0.25) is 9.78 Å². The minimum atomic E-state index is -0.0521. The lowest BCUT2D eigenvalue weighted by Gasteiger charge is -1.93. The second-order valence-electron chi connectivity index (χ2n) is 3.09. The highest BCUT2D eigenvalue weighted by Gasteiger charge is 1.89. The Morgan fingerprint density at radius 2 is 2.00 bits per heavy atom. The van der Waals surface area contributed by atoms with Gasteiger partial charge in [0.2, 0.25) is 5.56 Å². The van der Waals surface area contributed by atoms with Gasteiger partial charge in [-0.15, -0.1) is 11.3 Å². The van der Waals surface area contributed by atoms with Crippen LogP contribution in [-0.2, 0) is 0 Å². The van der Waals surface area contributed by atoms with Crippen molar-refractivity contribution < 1.29 is 0 Å². The average molecular weight is 230 g/mol. The third kappa shape index (κ3) is 2.77. The Morgan fingerprint density at radius 1 is 1.12 bits per heavy atom. The minimum Gasteiger partial charge on any atom is -0.322 e. The second kappa shape index (κ2) is 5.23. The standard InChI is InChI=1S/C9H7NO.C3H3NS/c11-9-6-5-7-3-1-2-4-8(7)10-9;1-2-5-3-4-1/h1-6H,(H,10,11);1-3H. The summed E-state index contributed by atoms with van der Waals surface area (Å²) in [4.78, 5) is 17.3. The van der Waals surface area contributed by atoms with Crippen LogP contribution in [0.15, 0.2) is 58.3 Å². The van der Waals surface area contributed by atoms with E-state index in [4.69, 9.17) is 0 Å². The summed E-state index contributed by atoms with van der Waals surface area (Å²) < 4.78 is 0. The lowest BCUT2D eigenvalue weighted by atomic mass is 10.2. The Labute approximate surface area is 96.4 Å². The minimum absolute atomic E-state index is 0.0521. The molecule has 0 unspecified atom stereocenters. The number of nitrogens with one attached hydrogen (secondary N) is 1. The molecule has 0 saturated heterocycles. The highest BCUT2D eigenvalue weighted by Crippen LogP contribution is 2.06. The van der Waals surface area contributed by atoms with Crippen molar-refractivity contribution in [2.24, 2.45) is 0 Å². The molecule has 0 amide bonds. The molecular formula is C12H10N2OS. The van der Waals surface area contributed by atoms with E-state index in [1.165, 1.54) is 6.07 Å². The van der Waals surface area contributed by atoms with Gasteiger partial charge in [-0.1, -0.05) is 18.2 Å². The second-order valence-corrected chi connectivity index (χ2v) is 3.84. The maximum Gasteiger partial charge on any atom is 0.248 e. The molecule has 1 aromatic carbocycles. The van der Waals surface area contributed by atoms with E-state index >= 15 is 0 Å². The first-order chi connectivity index (χ1) is 7.86. The molecule has 0 aliphatic carbocycles. The molecule has 4 heteroatoms. The Bertz CT molecular complexity index is 584. The van der Waals surface area contributed by atoms with Crippen molar-refractivity contribution in [3.05, 3.63) is 63.8 Å². The maximum absolute atomic E-state index is 10.8. The molecule has 3 aromatic rings. The molecule has 3 nitrogen and oxygen atoms in total. The fourth-order valence-corrected chi connectivity index (χ4v) is 1.62. The number of H-pyrrole nitrogens is 1. The van der Waals surface area contributed by atoms with Gasteiger partial charge in [0.05, 0.1) is 5.51 Å². The number of fused-ring (bicyclic) bond motifs is 1. The Kier molecular flexibility index (Phi) is 3.46. The van der Waals surface area contributed by atoms with Gasteiger partial charge in [-0.05, 0) is 17.5 Å². The van der Waals surface area contributed by atoms with Crippen LogP contribution in [-0.4, -0.2) is 9.97 Å². The Hall–Kier alpha value is -1.94. The first-order valence-electron chi connectivity index (χ1n) is 4.76. The first kappa shape index (κ1) is 10.6. The third-order valence-electron chi connectivity index (χ3n) is 1.98. The van der Waals surface area contributed by atoms with Gasteiger partial charge in [0.15, 0.2) is 0 Å². The van der Waals surface area contributed by atoms with E-state index in [0.717, 1.165) is 10.9 Å². The van der Waals surface area contributed by atoms with Gasteiger partial charge < -0.3 is 4.98 Å². The number of para-hydroxylation sites is 1. The largest absolute Gasteiger partial charge is 0.322 e. The molecule has 0 bridgehead atoms. The van der Waals surface area contributed by atoms with Gasteiger partial charge >= 0.3 is 0 Å². The summed E-state index contributed by atoms with van der Waals surface area (Å²) in [5.74, 6) is 0. The van der Waals surface area contributed by atoms with E-state index in [0.29, 0.717) is 0 Å². The van der Waals surface area contributed by atoms with Crippen LogP contribution in [0.1, 0.15) is 0 Å². The lowest BCUT2D eigenvalue weighted by molar-refractivity contribution is 1.31. The van der Waals surface area contributed by atoms with Crippen LogP contribution in [0.3, 0.4) is 0 Å². The molecule has 2 heterocycles. The number of hydrogen-bond donors (Lipinski definition) is 1. The Balaban J connectivity index is 0.000000162. The SMILES string of the molecule is O=c1ccc2ccccc2[nH]1.c1cscn1. The number of rotatable bonds is 0. The number of aromatic nitrogens is 2. The average Bonchev–Trinajstić information content (AvgIpc) is 2.87. The summed E-state index contributed by atoms with van der Waals surface area (Å²) in [5, 5.41) is 2.99. The maximum atomic E-state index is 10.8. The molecule has 0 aliphatic rings. The fourth-order valence-electron chi connectivity index (χ4n) is 1.27. The molecule has 0 atom stereocenters. The quantitative estimate of drug-likeness (QED) is 0.645. The monoisotopic (exact) mass is 230 g/mol. The molecule has 0 saturated carbocycles. The lowest BCUT2D eigenvalue weighted by Crippen LogP contribution is -2.01. The van der Waals surface area contributed by atoms with E-state index in [1.54, 1.807) is 23.0 Å². The van der Waals surface area contributed by atoms with Crippen molar-refractivity contribution in [1.29, 1.82) is 0 Å². The van der Waals surface area contributed by atoms with Crippen molar-refractivity contribution in [3.63, 3.8) is 0 Å². The number of nitrogens with zero attached hydrogens (tertiary/aromatic N) is 1. The number of aromatic amines is 1. The summed E-state index contributed by atoms with van der Waals surface area (Å²) in [6, 6.07) is 11.0. The highest BCUT2D eigenvalue weighted by atomic mass is 32.1. The van der Waals surface area contributed by atoms with Gasteiger partial charge in [0, 0.05) is 23.2 Å². The van der Waals surface area contributed by atoms with Crippen molar-refractivity contribution in [1.82, 2.24) is 9.97 Å². The van der Waals surface area contributed by atoms with Gasteiger partial charge in [0.1, 0.15) is 0 Å². The highest BCUT2D eigenvalue weighted by molar-refractivity contribution is 7.07. The predicted molar refractivity (Wildman–Crippen MR) is 66.7 cm³/mol. The summed E-state index contributed by atoms with van der Waals surface area (Å²) in [6.07, 6.45) is 1.77. The summed E-state index contributed by atoms with van der Waals surface area (Å²) in [5.41, 5.74) is 2.63. The molecule has 1 N–H and O–H groups in total. The zero-order chi connectivity index (χ0) is 11.2. The zero-order valence-electron chi connectivity index (χ0n) is 8.46. The first-order valence-corrected chi connectivity index (χ1v) is 5.71.